The minimum Gasteiger partial charge on any atom is -0.384 e. The van der Waals surface area contributed by atoms with Crippen LogP contribution in [0.2, 0.25) is 0 Å². The molecule has 0 radical (unpaired) electrons. The van der Waals surface area contributed by atoms with E-state index in [0.29, 0.717) is 0 Å². The fraction of sp³-hybridized carbons (Fsp3) is 0.364. The maximum absolute atomic E-state index is 7.60. The maximum Gasteiger partial charge on any atom is 0.126 e. The Morgan fingerprint density at radius 2 is 2.25 bits per heavy atom. The lowest BCUT2D eigenvalue weighted by atomic mass is 10.1. The number of hydrogen-bond acceptors (Lipinski definition) is 3. The molecule has 0 aromatic heterocycles. The summed E-state index contributed by atoms with van der Waals surface area (Å²) in [5.41, 5.74) is 7.37. The summed E-state index contributed by atoms with van der Waals surface area (Å²) in [7, 11) is 2.02. The molecule has 5 heteroatoms. The zero-order valence-electron chi connectivity index (χ0n) is 9.46. The van der Waals surface area contributed by atoms with Crippen molar-refractivity contribution in [3.05, 3.63) is 28.2 Å². The number of nitrogen functional groups attached to an aromatic ring is 1. The van der Waals surface area contributed by atoms with Gasteiger partial charge in [0.1, 0.15) is 5.84 Å². The van der Waals surface area contributed by atoms with Crippen molar-refractivity contribution >= 4 is 39.2 Å². The summed E-state index contributed by atoms with van der Waals surface area (Å²) in [5.74, 6) is 1.15. The van der Waals surface area contributed by atoms with Crippen molar-refractivity contribution < 1.29 is 0 Å². The summed E-state index contributed by atoms with van der Waals surface area (Å²) in [5, 5.41) is 7.60. The molecule has 0 atom stereocenters. The molecule has 0 fully saturated rings. The number of thioether (sulfide) groups is 1. The Morgan fingerprint density at radius 3 is 2.81 bits per heavy atom. The summed E-state index contributed by atoms with van der Waals surface area (Å²) in [6, 6.07) is 5.85. The average Bonchev–Trinajstić information content (AvgIpc) is 2.24. The Kier molecular flexibility index (Phi) is 5.15. The van der Waals surface area contributed by atoms with Gasteiger partial charge in [0.05, 0.1) is 5.56 Å². The van der Waals surface area contributed by atoms with E-state index >= 15 is 0 Å². The molecule has 0 saturated carbocycles. The molecule has 3 N–H and O–H groups in total. The molecule has 0 saturated heterocycles. The smallest absolute Gasteiger partial charge is 0.126 e. The van der Waals surface area contributed by atoms with Crippen LogP contribution < -0.4 is 10.6 Å². The number of amidine groups is 1. The average molecular weight is 302 g/mol. The molecule has 1 rings (SSSR count). The number of nitrogens with one attached hydrogen (secondary N) is 1. The first-order valence-corrected chi connectivity index (χ1v) is 7.09. The van der Waals surface area contributed by atoms with Gasteiger partial charge in [-0.1, -0.05) is 6.07 Å². The molecular weight excluding hydrogens is 286 g/mol. The molecule has 0 amide bonds. The Morgan fingerprint density at radius 1 is 1.56 bits per heavy atom. The highest BCUT2D eigenvalue weighted by molar-refractivity contribution is 9.10. The van der Waals surface area contributed by atoms with Crippen molar-refractivity contribution in [3.63, 3.8) is 0 Å². The molecule has 0 aliphatic heterocycles. The van der Waals surface area contributed by atoms with Crippen LogP contribution in [0, 0.1) is 5.41 Å². The lowest BCUT2D eigenvalue weighted by Gasteiger charge is -2.22. The minimum atomic E-state index is 0.0958. The van der Waals surface area contributed by atoms with Crippen LogP contribution >= 0.6 is 27.7 Å². The molecule has 0 bridgehead atoms. The van der Waals surface area contributed by atoms with Crippen LogP contribution in [0.25, 0.3) is 0 Å². The van der Waals surface area contributed by atoms with Crippen molar-refractivity contribution in [2.24, 2.45) is 5.73 Å². The number of benzene rings is 1. The van der Waals surface area contributed by atoms with E-state index in [1.807, 2.05) is 25.2 Å². The van der Waals surface area contributed by atoms with Gasteiger partial charge < -0.3 is 10.6 Å². The second-order valence-electron chi connectivity index (χ2n) is 3.46. The van der Waals surface area contributed by atoms with E-state index in [1.165, 1.54) is 0 Å². The largest absolute Gasteiger partial charge is 0.384 e. The van der Waals surface area contributed by atoms with Crippen molar-refractivity contribution in [3.8, 4) is 0 Å². The molecule has 16 heavy (non-hydrogen) atoms. The van der Waals surface area contributed by atoms with E-state index < -0.39 is 0 Å². The van der Waals surface area contributed by atoms with Gasteiger partial charge in [0.2, 0.25) is 0 Å². The lowest BCUT2D eigenvalue weighted by molar-refractivity contribution is 0.975. The minimum absolute atomic E-state index is 0.0958. The zero-order chi connectivity index (χ0) is 12.1. The highest BCUT2D eigenvalue weighted by Crippen LogP contribution is 2.26. The van der Waals surface area contributed by atoms with Crippen LogP contribution in [0.3, 0.4) is 0 Å². The van der Waals surface area contributed by atoms with Gasteiger partial charge in [-0.05, 0) is 34.3 Å². The Labute approximate surface area is 109 Å². The SMILES string of the molecule is CSCCN(C)c1cccc(Br)c1C(=N)N. The van der Waals surface area contributed by atoms with Crippen molar-refractivity contribution in [1.82, 2.24) is 0 Å². The van der Waals surface area contributed by atoms with Gasteiger partial charge in [0.25, 0.3) is 0 Å². The molecule has 0 heterocycles. The normalized spacial score (nSPS) is 10.2. The standard InChI is InChI=1S/C11H16BrN3S/c1-15(6-7-16-2)9-5-3-4-8(12)10(9)11(13)14/h3-5H,6-7H2,1-2H3,(H3,13,14). The zero-order valence-corrected chi connectivity index (χ0v) is 11.9. The van der Waals surface area contributed by atoms with E-state index in [9.17, 15) is 0 Å². The lowest BCUT2D eigenvalue weighted by Crippen LogP contribution is -2.24. The molecule has 88 valence electrons. The third kappa shape index (κ3) is 3.15. The first-order chi connectivity index (χ1) is 7.57. The fourth-order valence-corrected chi connectivity index (χ4v) is 2.47. The monoisotopic (exact) mass is 301 g/mol. The Hall–Kier alpha value is -0.680. The first kappa shape index (κ1) is 13.4. The second-order valence-corrected chi connectivity index (χ2v) is 5.30. The first-order valence-electron chi connectivity index (χ1n) is 4.91. The number of rotatable bonds is 5. The summed E-state index contributed by atoms with van der Waals surface area (Å²) < 4.78 is 0.869. The molecule has 0 spiro atoms. The molecule has 1 aromatic carbocycles. The number of nitrogens with two attached hydrogens (primary N) is 1. The van der Waals surface area contributed by atoms with Crippen LogP contribution in [0.1, 0.15) is 5.56 Å². The van der Waals surface area contributed by atoms with Crippen LogP contribution in [0.15, 0.2) is 22.7 Å². The van der Waals surface area contributed by atoms with Crippen LogP contribution in [0.5, 0.6) is 0 Å². The Balaban J connectivity index is 3.02. The van der Waals surface area contributed by atoms with E-state index in [-0.39, 0.29) is 5.84 Å². The summed E-state index contributed by atoms with van der Waals surface area (Å²) in [6.45, 7) is 0.942. The van der Waals surface area contributed by atoms with Gasteiger partial charge in [0.15, 0.2) is 0 Å². The van der Waals surface area contributed by atoms with E-state index in [4.69, 9.17) is 11.1 Å². The molecular formula is C11H16BrN3S. The third-order valence-corrected chi connectivity index (χ3v) is 3.55. The summed E-state index contributed by atoms with van der Waals surface area (Å²) in [4.78, 5) is 2.12. The van der Waals surface area contributed by atoms with Gasteiger partial charge in [-0.15, -0.1) is 0 Å². The van der Waals surface area contributed by atoms with E-state index in [2.05, 4.69) is 27.1 Å². The molecule has 0 aliphatic carbocycles. The molecule has 3 nitrogen and oxygen atoms in total. The van der Waals surface area contributed by atoms with Crippen molar-refractivity contribution in [2.45, 2.75) is 0 Å². The third-order valence-electron chi connectivity index (χ3n) is 2.30. The van der Waals surface area contributed by atoms with Crippen LogP contribution in [0.4, 0.5) is 5.69 Å². The van der Waals surface area contributed by atoms with Gasteiger partial charge in [-0.2, -0.15) is 11.8 Å². The van der Waals surface area contributed by atoms with Gasteiger partial charge in [-0.3, -0.25) is 5.41 Å². The maximum atomic E-state index is 7.60. The molecule has 1 aromatic rings. The summed E-state index contributed by atoms with van der Waals surface area (Å²) in [6.07, 6.45) is 2.08. The second kappa shape index (κ2) is 6.15. The van der Waals surface area contributed by atoms with E-state index in [1.54, 1.807) is 11.8 Å². The molecule has 0 aliphatic rings. The fourth-order valence-electron chi connectivity index (χ4n) is 1.45. The summed E-state index contributed by atoms with van der Waals surface area (Å²) >= 11 is 5.24. The highest BCUT2D eigenvalue weighted by atomic mass is 79.9. The van der Waals surface area contributed by atoms with Crippen molar-refractivity contribution in [2.75, 3.05) is 30.5 Å². The Bertz CT molecular complexity index is 381. The van der Waals surface area contributed by atoms with Crippen molar-refractivity contribution in [1.29, 1.82) is 5.41 Å². The number of nitrogens with zero attached hydrogens (tertiary/aromatic N) is 1. The number of anilines is 1. The predicted molar refractivity (Wildman–Crippen MR) is 76.8 cm³/mol. The number of halogens is 1. The molecule has 0 unspecified atom stereocenters. The van der Waals surface area contributed by atoms with Gasteiger partial charge >= 0.3 is 0 Å². The number of hydrogen-bond donors (Lipinski definition) is 2. The predicted octanol–water partition coefficient (Wildman–Crippen LogP) is 2.53. The van der Waals surface area contributed by atoms with Gasteiger partial charge in [0, 0.05) is 29.5 Å². The topological polar surface area (TPSA) is 53.1 Å². The van der Waals surface area contributed by atoms with Crippen LogP contribution in [-0.2, 0) is 0 Å². The highest BCUT2D eigenvalue weighted by Gasteiger charge is 2.12. The van der Waals surface area contributed by atoms with Gasteiger partial charge in [-0.25, -0.2) is 0 Å². The van der Waals surface area contributed by atoms with Crippen LogP contribution in [-0.4, -0.2) is 31.4 Å². The van der Waals surface area contributed by atoms with E-state index in [0.717, 1.165) is 28.0 Å². The quantitative estimate of drug-likeness (QED) is 0.649.